The summed E-state index contributed by atoms with van der Waals surface area (Å²) in [6.07, 6.45) is 7.40. The summed E-state index contributed by atoms with van der Waals surface area (Å²) in [5.74, 6) is -0.890. The first-order chi connectivity index (χ1) is 14.2. The van der Waals surface area contributed by atoms with E-state index in [4.69, 9.17) is 0 Å². The molecule has 0 N–H and O–H groups in total. The number of halogens is 2. The van der Waals surface area contributed by atoms with E-state index in [2.05, 4.69) is 35.9 Å². The lowest BCUT2D eigenvalue weighted by Gasteiger charge is -2.34. The molecule has 1 aromatic carbocycles. The van der Waals surface area contributed by atoms with Crippen LogP contribution < -0.4 is 0 Å². The van der Waals surface area contributed by atoms with Crippen LogP contribution in [0.1, 0.15) is 58.6 Å². The fourth-order valence-corrected chi connectivity index (χ4v) is 4.79. The number of aromatic nitrogens is 2. The number of nitrogens with zero attached hydrogens (tertiary/aromatic N) is 3. The molecule has 0 radical (unpaired) electrons. The Balaban J connectivity index is 1.24. The van der Waals surface area contributed by atoms with Crippen molar-refractivity contribution in [2.45, 2.75) is 59.3 Å². The van der Waals surface area contributed by atoms with E-state index in [1.165, 1.54) is 63.9 Å². The quantitative estimate of drug-likeness (QED) is 0.591. The van der Waals surface area contributed by atoms with Gasteiger partial charge in [-0.1, -0.05) is 20.8 Å². The fraction of sp³-hybridized carbons (Fsp3) is 0.600. The minimum atomic E-state index is -0.859. The molecule has 1 atom stereocenters. The third-order valence-corrected chi connectivity index (χ3v) is 7.07. The van der Waals surface area contributed by atoms with Crippen LogP contribution in [-0.2, 0) is 6.42 Å². The summed E-state index contributed by atoms with van der Waals surface area (Å²) in [7, 11) is 0. The first-order valence-electron chi connectivity index (χ1n) is 11.2. The second-order valence-corrected chi connectivity index (χ2v) is 10.5. The zero-order valence-corrected chi connectivity index (χ0v) is 18.4. The number of piperidine rings is 1. The van der Waals surface area contributed by atoms with Crippen LogP contribution >= 0.6 is 0 Å². The highest BCUT2D eigenvalue weighted by molar-refractivity contribution is 5.58. The molecular weight excluding hydrogens is 380 g/mol. The topological polar surface area (TPSA) is 29.0 Å². The van der Waals surface area contributed by atoms with Crippen LogP contribution in [0.4, 0.5) is 8.78 Å². The van der Waals surface area contributed by atoms with Crippen LogP contribution in [0.3, 0.4) is 0 Å². The van der Waals surface area contributed by atoms with Crippen LogP contribution in [0.2, 0.25) is 0 Å². The highest BCUT2D eigenvalue weighted by Crippen LogP contribution is 2.61. The second kappa shape index (κ2) is 8.33. The van der Waals surface area contributed by atoms with Gasteiger partial charge in [-0.05, 0) is 105 Å². The third-order valence-electron chi connectivity index (χ3n) is 7.07. The molecule has 1 spiro atoms. The van der Waals surface area contributed by atoms with Crippen molar-refractivity contribution in [2.75, 3.05) is 19.6 Å². The van der Waals surface area contributed by atoms with E-state index in [1.807, 2.05) is 12.1 Å². The van der Waals surface area contributed by atoms with E-state index in [0.29, 0.717) is 22.1 Å². The van der Waals surface area contributed by atoms with Gasteiger partial charge in [-0.15, -0.1) is 0 Å². The van der Waals surface area contributed by atoms with Crippen LogP contribution in [-0.4, -0.2) is 34.7 Å². The summed E-state index contributed by atoms with van der Waals surface area (Å²) in [5, 5.41) is 8.55. The number of hydrogen-bond donors (Lipinski definition) is 0. The number of aryl methyl sites for hydroxylation is 1. The lowest BCUT2D eigenvalue weighted by atomic mass is 9.88. The molecule has 1 saturated heterocycles. The Hall–Kier alpha value is -1.88. The largest absolute Gasteiger partial charge is 0.303 e. The SMILES string of the molecule is CC(C)(C)CCN1CCC2(CC1)CC2CCc1ccc(-c2ccc(F)c(F)c2)nn1. The average Bonchev–Trinajstić information content (AvgIpc) is 3.39. The summed E-state index contributed by atoms with van der Waals surface area (Å²) < 4.78 is 26.5. The summed E-state index contributed by atoms with van der Waals surface area (Å²) >= 11 is 0. The first kappa shape index (κ1) is 21.4. The molecule has 2 heterocycles. The lowest BCUT2D eigenvalue weighted by molar-refractivity contribution is 0.145. The molecule has 5 heteroatoms. The molecule has 162 valence electrons. The fourth-order valence-electron chi connectivity index (χ4n) is 4.79. The third kappa shape index (κ3) is 5.05. The lowest BCUT2D eigenvalue weighted by Crippen LogP contribution is -2.37. The number of rotatable bonds is 6. The van der Waals surface area contributed by atoms with Crippen molar-refractivity contribution in [3.05, 3.63) is 47.7 Å². The molecule has 0 amide bonds. The molecule has 1 unspecified atom stereocenters. The van der Waals surface area contributed by atoms with E-state index < -0.39 is 11.6 Å². The maximum absolute atomic E-state index is 13.4. The Morgan fingerprint density at radius 3 is 2.43 bits per heavy atom. The molecule has 0 bridgehead atoms. The molecule has 1 aliphatic carbocycles. The van der Waals surface area contributed by atoms with Gasteiger partial charge in [0.2, 0.25) is 0 Å². The molecule has 3 nitrogen and oxygen atoms in total. The Kier molecular flexibility index (Phi) is 5.93. The zero-order chi connectivity index (χ0) is 21.4. The Morgan fingerprint density at radius 1 is 1.03 bits per heavy atom. The van der Waals surface area contributed by atoms with Gasteiger partial charge in [-0.2, -0.15) is 10.2 Å². The summed E-state index contributed by atoms with van der Waals surface area (Å²) in [5.41, 5.74) is 3.09. The molecule has 1 aliphatic heterocycles. The van der Waals surface area contributed by atoms with Crippen molar-refractivity contribution in [3.8, 4) is 11.3 Å². The summed E-state index contributed by atoms with van der Waals surface area (Å²) in [6.45, 7) is 10.7. The van der Waals surface area contributed by atoms with Gasteiger partial charge in [0.1, 0.15) is 0 Å². The smallest absolute Gasteiger partial charge is 0.159 e. The van der Waals surface area contributed by atoms with Crippen molar-refractivity contribution in [2.24, 2.45) is 16.7 Å². The predicted molar refractivity (Wildman–Crippen MR) is 116 cm³/mol. The van der Waals surface area contributed by atoms with Gasteiger partial charge < -0.3 is 4.90 Å². The summed E-state index contributed by atoms with van der Waals surface area (Å²) in [6, 6.07) is 7.64. The number of benzene rings is 1. The number of likely N-dealkylation sites (tertiary alicyclic amines) is 1. The zero-order valence-electron chi connectivity index (χ0n) is 18.4. The molecule has 2 aromatic rings. The minimum absolute atomic E-state index is 0.415. The van der Waals surface area contributed by atoms with Gasteiger partial charge in [-0.3, -0.25) is 0 Å². The van der Waals surface area contributed by atoms with Gasteiger partial charge in [0.15, 0.2) is 11.6 Å². The van der Waals surface area contributed by atoms with Crippen LogP contribution in [0.15, 0.2) is 30.3 Å². The Morgan fingerprint density at radius 2 is 1.80 bits per heavy atom. The van der Waals surface area contributed by atoms with Gasteiger partial charge in [0.05, 0.1) is 11.4 Å². The highest BCUT2D eigenvalue weighted by Gasteiger charge is 2.53. The van der Waals surface area contributed by atoms with E-state index >= 15 is 0 Å². The maximum Gasteiger partial charge on any atom is 0.159 e. The molecule has 4 rings (SSSR count). The van der Waals surface area contributed by atoms with Crippen molar-refractivity contribution < 1.29 is 8.78 Å². The van der Waals surface area contributed by atoms with E-state index in [1.54, 1.807) is 0 Å². The van der Waals surface area contributed by atoms with Gasteiger partial charge in [0.25, 0.3) is 0 Å². The maximum atomic E-state index is 13.4. The molecule has 1 aromatic heterocycles. The van der Waals surface area contributed by atoms with E-state index in [-0.39, 0.29) is 0 Å². The van der Waals surface area contributed by atoms with Gasteiger partial charge >= 0.3 is 0 Å². The number of hydrogen-bond acceptors (Lipinski definition) is 3. The van der Waals surface area contributed by atoms with E-state index in [0.717, 1.165) is 24.1 Å². The first-order valence-corrected chi connectivity index (χ1v) is 11.2. The Bertz CT molecular complexity index is 865. The average molecular weight is 414 g/mol. The van der Waals surface area contributed by atoms with Crippen molar-refractivity contribution in [1.29, 1.82) is 0 Å². The van der Waals surface area contributed by atoms with E-state index in [9.17, 15) is 8.78 Å². The van der Waals surface area contributed by atoms with Crippen LogP contribution in [0.5, 0.6) is 0 Å². The Labute approximate surface area is 178 Å². The predicted octanol–water partition coefficient (Wildman–Crippen LogP) is 5.89. The molecule has 2 fully saturated rings. The minimum Gasteiger partial charge on any atom is -0.303 e. The van der Waals surface area contributed by atoms with Gasteiger partial charge in [-0.25, -0.2) is 8.78 Å². The molecular formula is C25H33F2N3. The molecule has 30 heavy (non-hydrogen) atoms. The monoisotopic (exact) mass is 413 g/mol. The van der Waals surface area contributed by atoms with Crippen LogP contribution in [0, 0.1) is 28.4 Å². The van der Waals surface area contributed by atoms with Gasteiger partial charge in [0, 0.05) is 5.56 Å². The second-order valence-electron chi connectivity index (χ2n) is 10.5. The highest BCUT2D eigenvalue weighted by atomic mass is 19.2. The van der Waals surface area contributed by atoms with Crippen molar-refractivity contribution in [3.63, 3.8) is 0 Å². The summed E-state index contributed by atoms with van der Waals surface area (Å²) in [4.78, 5) is 2.65. The van der Waals surface area contributed by atoms with Crippen LogP contribution in [0.25, 0.3) is 11.3 Å². The van der Waals surface area contributed by atoms with Crippen molar-refractivity contribution >= 4 is 0 Å². The standard InChI is InChI=1S/C25H33F2N3/c1-24(2,3)10-13-30-14-11-25(12-15-30)17-19(25)5-6-20-7-9-23(29-28-20)18-4-8-21(26)22(27)16-18/h4,7-9,16,19H,5-6,10-15,17H2,1-3H3. The molecule has 1 saturated carbocycles. The normalized spacial score (nSPS) is 21.2. The molecule has 2 aliphatic rings. The van der Waals surface area contributed by atoms with Crippen molar-refractivity contribution in [1.82, 2.24) is 15.1 Å².